The Bertz CT molecular complexity index is 1110. The molecule has 0 fully saturated rings. The first kappa shape index (κ1) is 16.9. The molecule has 26 heavy (non-hydrogen) atoms. The predicted octanol–water partition coefficient (Wildman–Crippen LogP) is 5.46. The molecule has 0 atom stereocenters. The van der Waals surface area contributed by atoms with Gasteiger partial charge in [0.1, 0.15) is 28.1 Å². The number of benzene rings is 2. The van der Waals surface area contributed by atoms with Crippen LogP contribution >= 0.6 is 22.9 Å². The van der Waals surface area contributed by atoms with Crippen LogP contribution in [0.4, 0.5) is 14.6 Å². The van der Waals surface area contributed by atoms with Crippen LogP contribution in [0.3, 0.4) is 0 Å². The molecule has 0 aliphatic carbocycles. The van der Waals surface area contributed by atoms with Gasteiger partial charge in [0.15, 0.2) is 0 Å². The van der Waals surface area contributed by atoms with Crippen molar-refractivity contribution < 1.29 is 8.78 Å². The summed E-state index contributed by atoms with van der Waals surface area (Å²) in [6.07, 6.45) is 0.393. The highest BCUT2D eigenvalue weighted by Gasteiger charge is 2.12. The van der Waals surface area contributed by atoms with Crippen molar-refractivity contribution in [2.24, 2.45) is 0 Å². The zero-order chi connectivity index (χ0) is 18.3. The van der Waals surface area contributed by atoms with Crippen LogP contribution in [0.25, 0.3) is 20.7 Å². The molecule has 3 nitrogen and oxygen atoms in total. The summed E-state index contributed by atoms with van der Waals surface area (Å²) in [7, 11) is 0. The van der Waals surface area contributed by atoms with Crippen LogP contribution < -0.4 is 5.73 Å². The summed E-state index contributed by atoms with van der Waals surface area (Å²) in [4.78, 5) is 10.6. The molecule has 2 N–H and O–H groups in total. The molecule has 0 spiro atoms. The fourth-order valence-corrected chi connectivity index (χ4v) is 3.92. The standard InChI is InChI=1S/C19H12ClF2N3S/c20-14-7-10(1-6-15(14)22)8-17-24-18(23)13-9-16(26-19(13)25-17)11-2-4-12(21)5-3-11/h1-7,9H,8H2,(H2,23,24,25). The highest BCUT2D eigenvalue weighted by molar-refractivity contribution is 7.21. The van der Waals surface area contributed by atoms with Gasteiger partial charge in [0.05, 0.1) is 10.4 Å². The summed E-state index contributed by atoms with van der Waals surface area (Å²) in [6.45, 7) is 0. The van der Waals surface area contributed by atoms with Gasteiger partial charge in [-0.3, -0.25) is 0 Å². The van der Waals surface area contributed by atoms with E-state index in [1.165, 1.54) is 29.5 Å². The second-order valence-corrected chi connectivity index (χ2v) is 7.22. The summed E-state index contributed by atoms with van der Waals surface area (Å²) in [6, 6.07) is 12.7. The third kappa shape index (κ3) is 3.25. The first-order valence-corrected chi connectivity index (χ1v) is 8.95. The number of anilines is 1. The van der Waals surface area contributed by atoms with Gasteiger partial charge in [0.2, 0.25) is 0 Å². The Morgan fingerprint density at radius 3 is 2.50 bits per heavy atom. The maximum atomic E-state index is 13.3. The van der Waals surface area contributed by atoms with Gasteiger partial charge in [0.25, 0.3) is 0 Å². The SMILES string of the molecule is Nc1nc(Cc2ccc(F)c(Cl)c2)nc2sc(-c3ccc(F)cc3)cc12. The van der Waals surface area contributed by atoms with Gasteiger partial charge in [-0.2, -0.15) is 0 Å². The van der Waals surface area contributed by atoms with Crippen LogP contribution in [-0.4, -0.2) is 9.97 Å². The van der Waals surface area contributed by atoms with Crippen LogP contribution in [-0.2, 0) is 6.42 Å². The molecular weight excluding hydrogens is 376 g/mol. The lowest BCUT2D eigenvalue weighted by Gasteiger charge is -2.04. The lowest BCUT2D eigenvalue weighted by Crippen LogP contribution is -2.01. The second-order valence-electron chi connectivity index (χ2n) is 5.79. The highest BCUT2D eigenvalue weighted by Crippen LogP contribution is 2.34. The fraction of sp³-hybridized carbons (Fsp3) is 0.0526. The lowest BCUT2D eigenvalue weighted by molar-refractivity contribution is 0.627. The third-order valence-corrected chi connectivity index (χ3v) is 5.31. The van der Waals surface area contributed by atoms with Gasteiger partial charge < -0.3 is 5.73 Å². The Morgan fingerprint density at radius 1 is 1.00 bits per heavy atom. The lowest BCUT2D eigenvalue weighted by atomic mass is 10.1. The average molecular weight is 388 g/mol. The molecule has 0 radical (unpaired) electrons. The van der Waals surface area contributed by atoms with Gasteiger partial charge in [-0.05, 0) is 41.5 Å². The van der Waals surface area contributed by atoms with Crippen molar-refractivity contribution in [3.8, 4) is 10.4 Å². The quantitative estimate of drug-likeness (QED) is 0.507. The third-order valence-electron chi connectivity index (χ3n) is 3.94. The van der Waals surface area contributed by atoms with Crippen molar-refractivity contribution >= 4 is 39.0 Å². The van der Waals surface area contributed by atoms with Crippen molar-refractivity contribution in [3.63, 3.8) is 0 Å². The van der Waals surface area contributed by atoms with Gasteiger partial charge in [-0.15, -0.1) is 11.3 Å². The molecule has 0 saturated heterocycles. The van der Waals surface area contributed by atoms with Crippen LogP contribution in [0.15, 0.2) is 48.5 Å². The molecule has 0 unspecified atom stereocenters. The molecule has 0 bridgehead atoms. The largest absolute Gasteiger partial charge is 0.383 e. The molecule has 0 aliphatic heterocycles. The fourth-order valence-electron chi connectivity index (χ4n) is 2.66. The normalized spacial score (nSPS) is 11.2. The molecular formula is C19H12ClF2N3S. The minimum absolute atomic E-state index is 0.0614. The molecule has 7 heteroatoms. The molecule has 4 aromatic rings. The van der Waals surface area contributed by atoms with E-state index in [4.69, 9.17) is 17.3 Å². The van der Waals surface area contributed by atoms with E-state index in [1.54, 1.807) is 24.3 Å². The van der Waals surface area contributed by atoms with Gasteiger partial charge in [-0.1, -0.05) is 29.8 Å². The van der Waals surface area contributed by atoms with E-state index in [9.17, 15) is 8.78 Å². The van der Waals surface area contributed by atoms with Crippen LogP contribution in [0.2, 0.25) is 5.02 Å². The van der Waals surface area contributed by atoms with Gasteiger partial charge >= 0.3 is 0 Å². The second kappa shape index (κ2) is 6.63. The Hall–Kier alpha value is -2.57. The molecule has 2 aromatic heterocycles. The number of rotatable bonds is 3. The Kier molecular flexibility index (Phi) is 4.30. The van der Waals surface area contributed by atoms with Gasteiger partial charge in [0, 0.05) is 11.3 Å². The molecule has 0 aliphatic rings. The summed E-state index contributed by atoms with van der Waals surface area (Å²) >= 11 is 7.28. The van der Waals surface area contributed by atoms with Crippen LogP contribution in [0, 0.1) is 11.6 Å². The van der Waals surface area contributed by atoms with E-state index in [1.807, 2.05) is 6.07 Å². The molecule has 4 rings (SSSR count). The Labute approximate surface area is 157 Å². The molecule has 0 amide bonds. The first-order valence-electron chi connectivity index (χ1n) is 7.75. The Morgan fingerprint density at radius 2 is 1.77 bits per heavy atom. The number of fused-ring (bicyclic) bond motifs is 1. The van der Waals surface area contributed by atoms with E-state index >= 15 is 0 Å². The summed E-state index contributed by atoms with van der Waals surface area (Å²) in [5.74, 6) is 0.163. The van der Waals surface area contributed by atoms with Gasteiger partial charge in [-0.25, -0.2) is 18.7 Å². The zero-order valence-electron chi connectivity index (χ0n) is 13.3. The number of nitrogens with zero attached hydrogens (tertiary/aromatic N) is 2. The minimum Gasteiger partial charge on any atom is -0.383 e. The van der Waals surface area contributed by atoms with Crippen molar-refractivity contribution in [1.82, 2.24) is 9.97 Å². The van der Waals surface area contributed by atoms with Crippen LogP contribution in [0.5, 0.6) is 0 Å². The first-order chi connectivity index (χ1) is 12.5. The maximum Gasteiger partial charge on any atom is 0.141 e. The number of thiophene rings is 1. The number of halogens is 3. The number of hydrogen-bond donors (Lipinski definition) is 1. The monoisotopic (exact) mass is 387 g/mol. The smallest absolute Gasteiger partial charge is 0.141 e. The van der Waals surface area contributed by atoms with Crippen molar-refractivity contribution in [3.05, 3.63) is 76.6 Å². The molecule has 2 heterocycles. The summed E-state index contributed by atoms with van der Waals surface area (Å²) in [5.41, 5.74) is 7.78. The molecule has 0 saturated carbocycles. The highest BCUT2D eigenvalue weighted by atomic mass is 35.5. The number of nitrogens with two attached hydrogens (primary N) is 1. The zero-order valence-corrected chi connectivity index (χ0v) is 14.9. The topological polar surface area (TPSA) is 51.8 Å². The van der Waals surface area contributed by atoms with Crippen molar-refractivity contribution in [2.75, 3.05) is 5.73 Å². The average Bonchev–Trinajstić information content (AvgIpc) is 3.03. The minimum atomic E-state index is -0.464. The van der Waals surface area contributed by atoms with E-state index < -0.39 is 5.82 Å². The molecule has 130 valence electrons. The number of nitrogen functional groups attached to an aromatic ring is 1. The number of hydrogen-bond acceptors (Lipinski definition) is 4. The van der Waals surface area contributed by atoms with Crippen molar-refractivity contribution in [2.45, 2.75) is 6.42 Å². The van der Waals surface area contributed by atoms with E-state index in [-0.39, 0.29) is 10.8 Å². The Balaban J connectivity index is 1.71. The summed E-state index contributed by atoms with van der Waals surface area (Å²) < 4.78 is 26.4. The van der Waals surface area contributed by atoms with Crippen molar-refractivity contribution in [1.29, 1.82) is 0 Å². The molecule has 2 aromatic carbocycles. The van der Waals surface area contributed by atoms with E-state index in [0.717, 1.165) is 26.2 Å². The van der Waals surface area contributed by atoms with E-state index in [0.29, 0.717) is 18.1 Å². The summed E-state index contributed by atoms with van der Waals surface area (Å²) in [5, 5.41) is 0.821. The van der Waals surface area contributed by atoms with E-state index in [2.05, 4.69) is 9.97 Å². The number of aromatic nitrogens is 2. The predicted molar refractivity (Wildman–Crippen MR) is 101 cm³/mol. The van der Waals surface area contributed by atoms with Crippen LogP contribution in [0.1, 0.15) is 11.4 Å². The maximum absolute atomic E-state index is 13.3.